The highest BCUT2D eigenvalue weighted by Gasteiger charge is 2.07. The molecule has 1 aromatic rings. The lowest BCUT2D eigenvalue weighted by Crippen LogP contribution is -2.07. The second-order valence-electron chi connectivity index (χ2n) is 3.56. The van der Waals surface area contributed by atoms with Crippen LogP contribution in [-0.2, 0) is 11.0 Å². The zero-order valence-electron chi connectivity index (χ0n) is 7.95. The van der Waals surface area contributed by atoms with Crippen LogP contribution in [0.15, 0.2) is 24.3 Å². The molecular weight excluding hydrogens is 183 g/mol. The molecule has 13 heavy (non-hydrogen) atoms. The van der Waals surface area contributed by atoms with Crippen molar-refractivity contribution in [3.63, 3.8) is 0 Å². The predicted octanol–water partition coefficient (Wildman–Crippen LogP) is 1.98. The Morgan fingerprint density at radius 3 is 2.54 bits per heavy atom. The van der Waals surface area contributed by atoms with E-state index in [0.29, 0.717) is 11.2 Å². The van der Waals surface area contributed by atoms with Crippen molar-refractivity contribution in [2.75, 3.05) is 0 Å². The van der Waals surface area contributed by atoms with Gasteiger partial charge in [0.25, 0.3) is 0 Å². The molecule has 0 fully saturated rings. The molecule has 0 aliphatic rings. The standard InChI is InChI=1S/C10H15O2P/c1-8(2)7-9-5-3-4-6-10(9)13(11)12/h3-6,8,13H,7H2,1-2H3,(H,11,12). The molecule has 1 N–H and O–H groups in total. The zero-order chi connectivity index (χ0) is 9.84. The lowest BCUT2D eigenvalue weighted by Gasteiger charge is -2.08. The quantitative estimate of drug-likeness (QED) is 0.754. The highest BCUT2D eigenvalue weighted by atomic mass is 31.1. The molecule has 0 aliphatic heterocycles. The Kier molecular flexibility index (Phi) is 3.71. The van der Waals surface area contributed by atoms with Gasteiger partial charge >= 0.3 is 0 Å². The van der Waals surface area contributed by atoms with Gasteiger partial charge < -0.3 is 4.89 Å². The molecule has 72 valence electrons. The van der Waals surface area contributed by atoms with Crippen molar-refractivity contribution in [2.45, 2.75) is 20.3 Å². The first kappa shape index (κ1) is 10.5. The fourth-order valence-electron chi connectivity index (χ4n) is 1.35. The van der Waals surface area contributed by atoms with Crippen molar-refractivity contribution >= 4 is 13.3 Å². The Labute approximate surface area is 79.5 Å². The number of hydrogen-bond donors (Lipinski definition) is 1. The van der Waals surface area contributed by atoms with Crippen LogP contribution in [0.2, 0.25) is 0 Å². The highest BCUT2D eigenvalue weighted by Crippen LogP contribution is 2.18. The second-order valence-corrected chi connectivity index (χ2v) is 4.71. The van der Waals surface area contributed by atoms with Crippen molar-refractivity contribution in [1.29, 1.82) is 0 Å². The Balaban J connectivity index is 2.98. The maximum Gasteiger partial charge on any atom is 0.218 e. The summed E-state index contributed by atoms with van der Waals surface area (Å²) in [6.07, 6.45) is 0.868. The van der Waals surface area contributed by atoms with Crippen LogP contribution in [0.5, 0.6) is 0 Å². The van der Waals surface area contributed by atoms with Gasteiger partial charge in [-0.2, -0.15) is 0 Å². The third-order valence-electron chi connectivity index (χ3n) is 1.88. The van der Waals surface area contributed by atoms with Crippen LogP contribution >= 0.6 is 8.03 Å². The minimum Gasteiger partial charge on any atom is -0.343 e. The molecule has 0 saturated carbocycles. The average Bonchev–Trinajstić information content (AvgIpc) is 2.03. The summed E-state index contributed by atoms with van der Waals surface area (Å²) < 4.78 is 11.0. The van der Waals surface area contributed by atoms with E-state index in [2.05, 4.69) is 13.8 Å². The van der Waals surface area contributed by atoms with Crippen LogP contribution in [0, 0.1) is 5.92 Å². The van der Waals surface area contributed by atoms with E-state index in [9.17, 15) is 4.57 Å². The summed E-state index contributed by atoms with van der Waals surface area (Å²) in [6, 6.07) is 7.37. The molecule has 1 atom stereocenters. The fraction of sp³-hybridized carbons (Fsp3) is 0.400. The summed E-state index contributed by atoms with van der Waals surface area (Å²) in [7, 11) is -2.54. The first-order valence-electron chi connectivity index (χ1n) is 4.42. The molecule has 0 heterocycles. The van der Waals surface area contributed by atoms with Gasteiger partial charge in [-0.3, -0.25) is 4.57 Å². The maximum atomic E-state index is 11.0. The van der Waals surface area contributed by atoms with Gasteiger partial charge in [-0.15, -0.1) is 0 Å². The van der Waals surface area contributed by atoms with Crippen molar-refractivity contribution in [1.82, 2.24) is 0 Å². The summed E-state index contributed by atoms with van der Waals surface area (Å²) in [6.45, 7) is 4.21. The normalized spacial score (nSPS) is 13.2. The molecule has 0 spiro atoms. The summed E-state index contributed by atoms with van der Waals surface area (Å²) in [4.78, 5) is 9.06. The third kappa shape index (κ3) is 2.98. The van der Waals surface area contributed by atoms with Gasteiger partial charge in [0.2, 0.25) is 8.03 Å². The van der Waals surface area contributed by atoms with Gasteiger partial charge in [0.05, 0.1) is 0 Å². The SMILES string of the molecule is CC(C)Cc1ccccc1[PH](=O)O. The molecule has 0 aliphatic carbocycles. The smallest absolute Gasteiger partial charge is 0.218 e. The number of benzene rings is 1. The zero-order valence-corrected chi connectivity index (χ0v) is 8.95. The molecule has 0 amide bonds. The molecule has 1 rings (SSSR count). The van der Waals surface area contributed by atoms with Crippen molar-refractivity contribution in [3.05, 3.63) is 29.8 Å². The summed E-state index contributed by atoms with van der Waals surface area (Å²) in [5.41, 5.74) is 1.00. The van der Waals surface area contributed by atoms with Crippen LogP contribution in [-0.4, -0.2) is 4.89 Å². The highest BCUT2D eigenvalue weighted by molar-refractivity contribution is 7.47. The van der Waals surface area contributed by atoms with Gasteiger partial charge in [0, 0.05) is 5.30 Å². The lowest BCUT2D eigenvalue weighted by atomic mass is 10.0. The van der Waals surface area contributed by atoms with Gasteiger partial charge in [-0.1, -0.05) is 32.0 Å². The van der Waals surface area contributed by atoms with E-state index in [-0.39, 0.29) is 0 Å². The molecule has 0 saturated heterocycles. The summed E-state index contributed by atoms with van der Waals surface area (Å²) in [5.74, 6) is 0.516. The van der Waals surface area contributed by atoms with E-state index in [1.165, 1.54) is 0 Å². The topological polar surface area (TPSA) is 37.3 Å². The molecule has 2 nitrogen and oxygen atoms in total. The monoisotopic (exact) mass is 198 g/mol. The minimum absolute atomic E-state index is 0.516. The van der Waals surface area contributed by atoms with Gasteiger partial charge in [-0.05, 0) is 24.0 Å². The van der Waals surface area contributed by atoms with Gasteiger partial charge in [0.1, 0.15) is 0 Å². The Morgan fingerprint density at radius 2 is 2.00 bits per heavy atom. The van der Waals surface area contributed by atoms with Crippen LogP contribution in [0.1, 0.15) is 19.4 Å². The van der Waals surface area contributed by atoms with E-state index >= 15 is 0 Å². The van der Waals surface area contributed by atoms with Gasteiger partial charge in [0.15, 0.2) is 0 Å². The molecule has 0 radical (unpaired) electrons. The largest absolute Gasteiger partial charge is 0.343 e. The number of hydrogen-bond acceptors (Lipinski definition) is 1. The Morgan fingerprint density at radius 1 is 1.38 bits per heavy atom. The Bertz CT molecular complexity index is 308. The average molecular weight is 198 g/mol. The molecular formula is C10H15O2P. The van der Waals surface area contributed by atoms with E-state index < -0.39 is 8.03 Å². The van der Waals surface area contributed by atoms with Crippen LogP contribution in [0.3, 0.4) is 0 Å². The van der Waals surface area contributed by atoms with E-state index in [1.54, 1.807) is 12.1 Å². The minimum atomic E-state index is -2.54. The van der Waals surface area contributed by atoms with Crippen LogP contribution in [0.25, 0.3) is 0 Å². The summed E-state index contributed by atoms with van der Waals surface area (Å²) >= 11 is 0. The molecule has 0 aromatic heterocycles. The molecule has 0 bridgehead atoms. The second kappa shape index (κ2) is 4.59. The lowest BCUT2D eigenvalue weighted by molar-refractivity contribution is 0.513. The number of rotatable bonds is 3. The van der Waals surface area contributed by atoms with Crippen LogP contribution in [0.4, 0.5) is 0 Å². The molecule has 1 aromatic carbocycles. The maximum absolute atomic E-state index is 11.0. The van der Waals surface area contributed by atoms with E-state index in [1.807, 2.05) is 12.1 Å². The van der Waals surface area contributed by atoms with Gasteiger partial charge in [-0.25, -0.2) is 0 Å². The molecule has 3 heteroatoms. The molecule has 1 unspecified atom stereocenters. The predicted molar refractivity (Wildman–Crippen MR) is 55.8 cm³/mol. The van der Waals surface area contributed by atoms with E-state index in [0.717, 1.165) is 12.0 Å². The van der Waals surface area contributed by atoms with Crippen molar-refractivity contribution in [2.24, 2.45) is 5.92 Å². The fourth-order valence-corrected chi connectivity index (χ4v) is 2.05. The summed E-state index contributed by atoms with van der Waals surface area (Å²) in [5, 5.41) is 0.612. The van der Waals surface area contributed by atoms with Crippen LogP contribution < -0.4 is 5.30 Å². The van der Waals surface area contributed by atoms with Crippen molar-refractivity contribution in [3.8, 4) is 0 Å². The Hall–Kier alpha value is -0.590. The first-order chi connectivity index (χ1) is 6.11. The third-order valence-corrected chi connectivity index (χ3v) is 2.82. The first-order valence-corrected chi connectivity index (χ1v) is 5.78. The van der Waals surface area contributed by atoms with Crippen molar-refractivity contribution < 1.29 is 9.46 Å². The van der Waals surface area contributed by atoms with E-state index in [4.69, 9.17) is 4.89 Å².